The van der Waals surface area contributed by atoms with E-state index in [-0.39, 0.29) is 5.91 Å². The highest BCUT2D eigenvalue weighted by Crippen LogP contribution is 2.19. The van der Waals surface area contributed by atoms with Gasteiger partial charge in [0.05, 0.1) is 13.5 Å². The minimum Gasteiger partial charge on any atom is -0.496 e. The first-order chi connectivity index (χ1) is 8.67. The van der Waals surface area contributed by atoms with Crippen LogP contribution in [0.4, 0.5) is 0 Å². The van der Waals surface area contributed by atoms with Crippen LogP contribution in [0.3, 0.4) is 0 Å². The zero-order valence-electron chi connectivity index (χ0n) is 11.6. The van der Waals surface area contributed by atoms with E-state index in [1.807, 2.05) is 25.1 Å². The number of rotatable bonds is 7. The second kappa shape index (κ2) is 7.75. The topological polar surface area (TPSA) is 38.3 Å². The number of nitrogens with one attached hydrogen (secondary N) is 1. The van der Waals surface area contributed by atoms with Gasteiger partial charge in [-0.05, 0) is 19.4 Å². The molecule has 1 rings (SSSR count). The SMILES string of the molecule is CCCCCNC(=O)Cc1cc(C)ccc1OC. The molecule has 0 bridgehead atoms. The number of benzene rings is 1. The normalized spacial score (nSPS) is 10.2. The Bertz CT molecular complexity index is 388. The summed E-state index contributed by atoms with van der Waals surface area (Å²) in [5, 5.41) is 2.94. The number of hydrogen-bond donors (Lipinski definition) is 1. The summed E-state index contributed by atoms with van der Waals surface area (Å²) in [5.74, 6) is 0.847. The molecule has 0 atom stereocenters. The van der Waals surface area contributed by atoms with Gasteiger partial charge in [0.2, 0.25) is 5.91 Å². The molecule has 3 heteroatoms. The third-order valence-corrected chi connectivity index (χ3v) is 2.89. The first kappa shape index (κ1) is 14.6. The fraction of sp³-hybridized carbons (Fsp3) is 0.533. The average molecular weight is 249 g/mol. The highest BCUT2D eigenvalue weighted by molar-refractivity contribution is 5.79. The van der Waals surface area contributed by atoms with Crippen molar-refractivity contribution in [3.8, 4) is 5.75 Å². The maximum atomic E-state index is 11.8. The zero-order valence-corrected chi connectivity index (χ0v) is 11.6. The number of amides is 1. The van der Waals surface area contributed by atoms with E-state index in [1.54, 1.807) is 7.11 Å². The molecule has 1 aromatic rings. The Hall–Kier alpha value is -1.51. The summed E-state index contributed by atoms with van der Waals surface area (Å²) >= 11 is 0. The molecule has 1 aromatic carbocycles. The molecule has 0 aliphatic carbocycles. The number of methoxy groups -OCH3 is 1. The Morgan fingerprint density at radius 1 is 1.33 bits per heavy atom. The van der Waals surface area contributed by atoms with Gasteiger partial charge in [0.1, 0.15) is 5.75 Å². The number of aryl methyl sites for hydroxylation is 1. The molecule has 0 fully saturated rings. The molecule has 1 N–H and O–H groups in total. The molecule has 18 heavy (non-hydrogen) atoms. The van der Waals surface area contributed by atoms with E-state index in [4.69, 9.17) is 4.74 Å². The van der Waals surface area contributed by atoms with Crippen LogP contribution in [0.25, 0.3) is 0 Å². The van der Waals surface area contributed by atoms with E-state index < -0.39 is 0 Å². The van der Waals surface area contributed by atoms with Gasteiger partial charge < -0.3 is 10.1 Å². The predicted octanol–water partition coefficient (Wildman–Crippen LogP) is 2.85. The van der Waals surface area contributed by atoms with Crippen LogP contribution in [0, 0.1) is 6.92 Å². The Morgan fingerprint density at radius 3 is 2.78 bits per heavy atom. The van der Waals surface area contributed by atoms with Crippen LogP contribution in [0.15, 0.2) is 18.2 Å². The summed E-state index contributed by atoms with van der Waals surface area (Å²) < 4.78 is 5.26. The largest absolute Gasteiger partial charge is 0.496 e. The maximum Gasteiger partial charge on any atom is 0.224 e. The lowest BCUT2D eigenvalue weighted by Gasteiger charge is -2.10. The van der Waals surface area contributed by atoms with Crippen molar-refractivity contribution in [2.75, 3.05) is 13.7 Å². The quantitative estimate of drug-likeness (QED) is 0.755. The fourth-order valence-corrected chi connectivity index (χ4v) is 1.88. The van der Waals surface area contributed by atoms with Crippen molar-refractivity contribution >= 4 is 5.91 Å². The van der Waals surface area contributed by atoms with Gasteiger partial charge in [-0.3, -0.25) is 4.79 Å². The van der Waals surface area contributed by atoms with Crippen molar-refractivity contribution in [1.29, 1.82) is 0 Å². The number of carbonyl (C=O) groups is 1. The van der Waals surface area contributed by atoms with Crippen molar-refractivity contribution in [3.63, 3.8) is 0 Å². The molecule has 0 aliphatic rings. The summed E-state index contributed by atoms with van der Waals surface area (Å²) in [5.41, 5.74) is 2.09. The first-order valence-electron chi connectivity index (χ1n) is 6.57. The second-order valence-corrected chi connectivity index (χ2v) is 4.55. The molecular formula is C15H23NO2. The Balaban J connectivity index is 2.50. The minimum atomic E-state index is 0.0648. The van der Waals surface area contributed by atoms with Crippen LogP contribution in [0.1, 0.15) is 37.3 Å². The molecule has 0 radical (unpaired) electrons. The van der Waals surface area contributed by atoms with Crippen LogP contribution >= 0.6 is 0 Å². The average Bonchev–Trinajstić information content (AvgIpc) is 2.35. The van der Waals surface area contributed by atoms with Gasteiger partial charge in [-0.25, -0.2) is 0 Å². The van der Waals surface area contributed by atoms with Crippen LogP contribution < -0.4 is 10.1 Å². The Morgan fingerprint density at radius 2 is 2.11 bits per heavy atom. The standard InChI is InChI=1S/C15H23NO2/c1-4-5-6-9-16-15(17)11-13-10-12(2)7-8-14(13)18-3/h7-8,10H,4-6,9,11H2,1-3H3,(H,16,17). The van der Waals surface area contributed by atoms with E-state index in [1.165, 1.54) is 6.42 Å². The molecule has 3 nitrogen and oxygen atoms in total. The molecule has 0 saturated heterocycles. The minimum absolute atomic E-state index is 0.0648. The van der Waals surface area contributed by atoms with E-state index in [2.05, 4.69) is 12.2 Å². The number of unbranched alkanes of at least 4 members (excludes halogenated alkanes) is 2. The fourth-order valence-electron chi connectivity index (χ4n) is 1.88. The van der Waals surface area contributed by atoms with E-state index in [0.29, 0.717) is 6.42 Å². The summed E-state index contributed by atoms with van der Waals surface area (Å²) in [6.45, 7) is 4.93. The Labute approximate surface area is 110 Å². The van der Waals surface area contributed by atoms with Crippen LogP contribution in [0.5, 0.6) is 5.75 Å². The molecule has 0 aliphatic heterocycles. The first-order valence-corrected chi connectivity index (χ1v) is 6.57. The number of carbonyl (C=O) groups excluding carboxylic acids is 1. The van der Waals surface area contributed by atoms with Crippen molar-refractivity contribution in [3.05, 3.63) is 29.3 Å². The number of hydrogen-bond acceptors (Lipinski definition) is 2. The van der Waals surface area contributed by atoms with E-state index >= 15 is 0 Å². The van der Waals surface area contributed by atoms with Gasteiger partial charge in [-0.2, -0.15) is 0 Å². The van der Waals surface area contributed by atoms with Gasteiger partial charge in [-0.1, -0.05) is 37.5 Å². The highest BCUT2D eigenvalue weighted by atomic mass is 16.5. The van der Waals surface area contributed by atoms with Crippen molar-refractivity contribution in [1.82, 2.24) is 5.32 Å². The molecule has 0 spiro atoms. The van der Waals surface area contributed by atoms with Crippen molar-refractivity contribution in [2.45, 2.75) is 39.5 Å². The predicted molar refractivity (Wildman–Crippen MR) is 74.0 cm³/mol. The summed E-state index contributed by atoms with van der Waals surface area (Å²) in [6.07, 6.45) is 3.76. The smallest absolute Gasteiger partial charge is 0.224 e. The lowest BCUT2D eigenvalue weighted by molar-refractivity contribution is -0.120. The van der Waals surface area contributed by atoms with Gasteiger partial charge in [0, 0.05) is 12.1 Å². The van der Waals surface area contributed by atoms with Crippen LogP contribution in [-0.2, 0) is 11.2 Å². The maximum absolute atomic E-state index is 11.8. The van der Waals surface area contributed by atoms with Crippen LogP contribution in [0.2, 0.25) is 0 Å². The highest BCUT2D eigenvalue weighted by Gasteiger charge is 2.08. The molecule has 0 unspecified atom stereocenters. The summed E-state index contributed by atoms with van der Waals surface area (Å²) in [4.78, 5) is 11.8. The van der Waals surface area contributed by atoms with Crippen molar-refractivity contribution in [2.24, 2.45) is 0 Å². The Kier molecular flexibility index (Phi) is 6.26. The van der Waals surface area contributed by atoms with E-state index in [9.17, 15) is 4.79 Å². The molecular weight excluding hydrogens is 226 g/mol. The van der Waals surface area contributed by atoms with Gasteiger partial charge in [-0.15, -0.1) is 0 Å². The summed E-state index contributed by atoms with van der Waals surface area (Å²) in [7, 11) is 1.63. The third-order valence-electron chi connectivity index (χ3n) is 2.89. The number of ether oxygens (including phenoxy) is 1. The second-order valence-electron chi connectivity index (χ2n) is 4.55. The zero-order chi connectivity index (χ0) is 13.4. The molecule has 0 aromatic heterocycles. The molecule has 0 heterocycles. The summed E-state index contributed by atoms with van der Waals surface area (Å²) in [6, 6.07) is 5.90. The van der Waals surface area contributed by atoms with Gasteiger partial charge >= 0.3 is 0 Å². The van der Waals surface area contributed by atoms with Gasteiger partial charge in [0.15, 0.2) is 0 Å². The van der Waals surface area contributed by atoms with E-state index in [0.717, 1.165) is 36.3 Å². The molecule has 1 amide bonds. The molecule has 0 saturated carbocycles. The van der Waals surface area contributed by atoms with Crippen molar-refractivity contribution < 1.29 is 9.53 Å². The van der Waals surface area contributed by atoms with Crippen LogP contribution in [-0.4, -0.2) is 19.6 Å². The third kappa shape index (κ3) is 4.78. The molecule has 100 valence electrons. The van der Waals surface area contributed by atoms with Gasteiger partial charge in [0.25, 0.3) is 0 Å². The lowest BCUT2D eigenvalue weighted by atomic mass is 10.1. The lowest BCUT2D eigenvalue weighted by Crippen LogP contribution is -2.26. The monoisotopic (exact) mass is 249 g/mol.